The summed E-state index contributed by atoms with van der Waals surface area (Å²) in [7, 11) is 0. The largest absolute Gasteiger partial charge is 0.309 e. The van der Waals surface area contributed by atoms with Gasteiger partial charge in [0, 0.05) is 49.1 Å². The van der Waals surface area contributed by atoms with Gasteiger partial charge in [-0.25, -0.2) is 0 Å². The molecular formula is C56H35N3. The van der Waals surface area contributed by atoms with Gasteiger partial charge < -0.3 is 13.7 Å². The molecule has 10 aromatic carbocycles. The number of rotatable bonds is 4. The van der Waals surface area contributed by atoms with Crippen LogP contribution in [0.1, 0.15) is 0 Å². The topological polar surface area (TPSA) is 14.8 Å². The molecule has 0 saturated heterocycles. The summed E-state index contributed by atoms with van der Waals surface area (Å²) in [5.74, 6) is 0. The lowest BCUT2D eigenvalue weighted by molar-refractivity contribution is 1.18. The molecule has 274 valence electrons. The van der Waals surface area contributed by atoms with Crippen LogP contribution in [-0.4, -0.2) is 13.7 Å². The molecule has 3 heteroatoms. The summed E-state index contributed by atoms with van der Waals surface area (Å²) in [5.41, 5.74) is 13.1. The number of hydrogen-bond donors (Lipinski definition) is 0. The summed E-state index contributed by atoms with van der Waals surface area (Å²) in [5, 5.41) is 12.5. The Bertz CT molecular complexity index is 3840. The van der Waals surface area contributed by atoms with E-state index in [1.165, 1.54) is 109 Å². The van der Waals surface area contributed by atoms with Crippen molar-refractivity contribution in [1.29, 1.82) is 0 Å². The summed E-state index contributed by atoms with van der Waals surface area (Å²) in [6.45, 7) is 0. The molecule has 0 N–H and O–H groups in total. The Morgan fingerprint density at radius 1 is 0.237 bits per heavy atom. The van der Waals surface area contributed by atoms with Gasteiger partial charge in [-0.3, -0.25) is 0 Å². The van der Waals surface area contributed by atoms with Crippen molar-refractivity contribution >= 4 is 87.0 Å². The Labute approximate surface area is 339 Å². The molecule has 0 spiro atoms. The molecule has 59 heavy (non-hydrogen) atoms. The second-order valence-corrected chi connectivity index (χ2v) is 15.7. The first-order valence-electron chi connectivity index (χ1n) is 20.4. The van der Waals surface area contributed by atoms with Crippen molar-refractivity contribution in [3.63, 3.8) is 0 Å². The lowest BCUT2D eigenvalue weighted by Crippen LogP contribution is -1.95. The lowest BCUT2D eigenvalue weighted by atomic mass is 9.99. The van der Waals surface area contributed by atoms with Crippen LogP contribution in [0.2, 0.25) is 0 Å². The molecule has 0 radical (unpaired) electrons. The van der Waals surface area contributed by atoms with Crippen LogP contribution in [0, 0.1) is 0 Å². The number of benzene rings is 10. The normalized spacial score (nSPS) is 12.1. The van der Waals surface area contributed by atoms with E-state index in [1.807, 2.05) is 0 Å². The number of nitrogens with zero attached hydrogens (tertiary/aromatic N) is 3. The molecule has 0 unspecified atom stereocenters. The quantitative estimate of drug-likeness (QED) is 0.170. The van der Waals surface area contributed by atoms with Gasteiger partial charge in [0.1, 0.15) is 0 Å². The number of hydrogen-bond acceptors (Lipinski definition) is 0. The van der Waals surface area contributed by atoms with E-state index in [1.54, 1.807) is 0 Å². The van der Waals surface area contributed by atoms with Gasteiger partial charge in [0.05, 0.1) is 38.8 Å². The van der Waals surface area contributed by atoms with E-state index in [2.05, 4.69) is 226 Å². The zero-order valence-electron chi connectivity index (χ0n) is 32.0. The van der Waals surface area contributed by atoms with Crippen LogP contribution in [0.4, 0.5) is 0 Å². The van der Waals surface area contributed by atoms with E-state index in [0.717, 1.165) is 5.69 Å². The predicted molar refractivity (Wildman–Crippen MR) is 250 cm³/mol. The standard InChI is InChI=1S/C56H35N3/c1-2-17-41(18-3-1)57-50-23-11-9-21-45(50)55-53(57)31-32-54-56(55)47-35-40(27-30-52(47)59(54)48-24-12-16-37-14-6-7-19-43(37)48)39-26-29-51-46(34-39)44-20-8-10-22-49(44)58(51)42-28-25-36-13-4-5-15-38(36)33-42/h1-35H. The van der Waals surface area contributed by atoms with Crippen LogP contribution in [0.5, 0.6) is 0 Å². The summed E-state index contributed by atoms with van der Waals surface area (Å²) in [6, 6.07) is 78.0. The molecule has 13 aromatic rings. The summed E-state index contributed by atoms with van der Waals surface area (Å²) >= 11 is 0. The predicted octanol–water partition coefficient (Wildman–Crippen LogP) is 15.0. The van der Waals surface area contributed by atoms with Crippen molar-refractivity contribution in [3.05, 3.63) is 212 Å². The number of para-hydroxylation sites is 3. The van der Waals surface area contributed by atoms with E-state index >= 15 is 0 Å². The van der Waals surface area contributed by atoms with Gasteiger partial charge in [-0.05, 0) is 106 Å². The fraction of sp³-hybridized carbons (Fsp3) is 0. The molecule has 3 nitrogen and oxygen atoms in total. The zero-order valence-corrected chi connectivity index (χ0v) is 32.0. The van der Waals surface area contributed by atoms with Gasteiger partial charge in [0.25, 0.3) is 0 Å². The molecule has 0 bridgehead atoms. The first-order chi connectivity index (χ1) is 29.3. The second-order valence-electron chi connectivity index (χ2n) is 15.7. The highest BCUT2D eigenvalue weighted by atomic mass is 15.0. The Hall–Kier alpha value is -7.88. The third kappa shape index (κ3) is 4.64. The maximum absolute atomic E-state index is 2.49. The molecule has 3 aromatic heterocycles. The average molecular weight is 750 g/mol. The summed E-state index contributed by atoms with van der Waals surface area (Å²) in [4.78, 5) is 0. The Morgan fingerprint density at radius 2 is 0.763 bits per heavy atom. The van der Waals surface area contributed by atoms with E-state index in [9.17, 15) is 0 Å². The van der Waals surface area contributed by atoms with Crippen LogP contribution in [-0.2, 0) is 0 Å². The average Bonchev–Trinajstić information content (AvgIpc) is 3.94. The minimum absolute atomic E-state index is 1.16. The SMILES string of the molecule is c1ccc(-n2c3ccccc3c3c4c5cc(-c6ccc7c(c6)c6ccccc6n7-c6ccc7ccccc7c6)ccc5n(-c5cccc6ccccc56)c4ccc32)cc1. The van der Waals surface area contributed by atoms with Gasteiger partial charge >= 0.3 is 0 Å². The maximum Gasteiger partial charge on any atom is 0.0549 e. The number of fused-ring (bicyclic) bond motifs is 12. The smallest absolute Gasteiger partial charge is 0.0549 e. The van der Waals surface area contributed by atoms with Crippen molar-refractivity contribution < 1.29 is 0 Å². The fourth-order valence-corrected chi connectivity index (χ4v) is 10.0. The molecule has 0 aliphatic carbocycles. The van der Waals surface area contributed by atoms with Crippen molar-refractivity contribution in [3.8, 4) is 28.2 Å². The third-order valence-corrected chi connectivity index (χ3v) is 12.6. The highest BCUT2D eigenvalue weighted by Gasteiger charge is 2.22. The van der Waals surface area contributed by atoms with Gasteiger partial charge in [0.15, 0.2) is 0 Å². The second kappa shape index (κ2) is 12.3. The molecule has 13 rings (SSSR count). The lowest BCUT2D eigenvalue weighted by Gasteiger charge is -2.12. The van der Waals surface area contributed by atoms with Crippen LogP contribution in [0.25, 0.3) is 115 Å². The molecular weight excluding hydrogens is 715 g/mol. The maximum atomic E-state index is 2.49. The highest BCUT2D eigenvalue weighted by Crippen LogP contribution is 2.45. The Morgan fingerprint density at radius 3 is 1.56 bits per heavy atom. The van der Waals surface area contributed by atoms with E-state index < -0.39 is 0 Å². The van der Waals surface area contributed by atoms with Gasteiger partial charge in [-0.2, -0.15) is 0 Å². The van der Waals surface area contributed by atoms with Crippen molar-refractivity contribution in [2.45, 2.75) is 0 Å². The van der Waals surface area contributed by atoms with Crippen LogP contribution >= 0.6 is 0 Å². The summed E-state index contributed by atoms with van der Waals surface area (Å²) in [6.07, 6.45) is 0. The molecule has 0 aliphatic heterocycles. The van der Waals surface area contributed by atoms with Crippen molar-refractivity contribution in [2.24, 2.45) is 0 Å². The molecule has 0 amide bonds. The van der Waals surface area contributed by atoms with Crippen molar-refractivity contribution in [1.82, 2.24) is 13.7 Å². The fourth-order valence-electron chi connectivity index (χ4n) is 10.0. The molecule has 0 aliphatic rings. The molecule has 0 saturated carbocycles. The molecule has 0 fully saturated rings. The third-order valence-electron chi connectivity index (χ3n) is 12.6. The minimum Gasteiger partial charge on any atom is -0.309 e. The number of aromatic nitrogens is 3. The van der Waals surface area contributed by atoms with Crippen molar-refractivity contribution in [2.75, 3.05) is 0 Å². The van der Waals surface area contributed by atoms with Crippen LogP contribution < -0.4 is 0 Å². The van der Waals surface area contributed by atoms with E-state index in [4.69, 9.17) is 0 Å². The Balaban J connectivity index is 1.10. The van der Waals surface area contributed by atoms with Gasteiger partial charge in [-0.1, -0.05) is 133 Å². The van der Waals surface area contributed by atoms with Crippen LogP contribution in [0.15, 0.2) is 212 Å². The van der Waals surface area contributed by atoms with Gasteiger partial charge in [0.2, 0.25) is 0 Å². The first kappa shape index (κ1) is 32.2. The summed E-state index contributed by atoms with van der Waals surface area (Å²) < 4.78 is 7.33. The molecule has 0 atom stereocenters. The zero-order chi connectivity index (χ0) is 38.6. The van der Waals surface area contributed by atoms with Gasteiger partial charge in [-0.15, -0.1) is 0 Å². The first-order valence-corrected chi connectivity index (χ1v) is 20.4. The monoisotopic (exact) mass is 749 g/mol. The Kier molecular flexibility index (Phi) is 6.72. The highest BCUT2D eigenvalue weighted by molar-refractivity contribution is 6.29. The molecule has 3 heterocycles. The van der Waals surface area contributed by atoms with Crippen LogP contribution in [0.3, 0.4) is 0 Å². The van der Waals surface area contributed by atoms with E-state index in [0.29, 0.717) is 0 Å². The minimum atomic E-state index is 1.16. The van der Waals surface area contributed by atoms with E-state index in [-0.39, 0.29) is 0 Å².